The monoisotopic (exact) mass is 309 g/mol. The fraction of sp³-hybridized carbons (Fsp3) is 0.611. The molecular weight excluding hydrogens is 282 g/mol. The van der Waals surface area contributed by atoms with Gasteiger partial charge in [-0.1, -0.05) is 69.5 Å². The topological polar surface area (TPSA) is 29.1 Å². The molecule has 0 saturated heterocycles. The lowest BCUT2D eigenvalue weighted by Gasteiger charge is -2.09. The Morgan fingerprint density at radius 3 is 2.33 bits per heavy atom. The van der Waals surface area contributed by atoms with Crippen LogP contribution in [0, 0.1) is 6.92 Å². The summed E-state index contributed by atoms with van der Waals surface area (Å²) < 4.78 is 0. The predicted molar refractivity (Wildman–Crippen MR) is 92.0 cm³/mol. The number of carbonyl (C=O) groups is 1. The van der Waals surface area contributed by atoms with Gasteiger partial charge in [-0.05, 0) is 31.0 Å². The standard InChI is InChI=1S/C18H28ClNO/c1-3-4-5-6-7-8-9-10-14-18(21)20-17-13-11-12-16(19)15(17)2/h11-13H,3-10,14H2,1-2H3,(H,20,21). The summed E-state index contributed by atoms with van der Waals surface area (Å²) in [7, 11) is 0. The Labute approximate surface area is 134 Å². The van der Waals surface area contributed by atoms with Crippen molar-refractivity contribution in [1.82, 2.24) is 0 Å². The van der Waals surface area contributed by atoms with Gasteiger partial charge in [-0.25, -0.2) is 0 Å². The molecule has 0 spiro atoms. The van der Waals surface area contributed by atoms with E-state index in [2.05, 4.69) is 12.2 Å². The third-order valence-electron chi connectivity index (χ3n) is 3.80. The summed E-state index contributed by atoms with van der Waals surface area (Å²) >= 11 is 6.04. The van der Waals surface area contributed by atoms with Crippen LogP contribution in [0.5, 0.6) is 0 Å². The highest BCUT2D eigenvalue weighted by Gasteiger charge is 2.06. The van der Waals surface area contributed by atoms with Gasteiger partial charge in [0.25, 0.3) is 0 Å². The number of anilines is 1. The van der Waals surface area contributed by atoms with Gasteiger partial charge < -0.3 is 5.32 Å². The van der Waals surface area contributed by atoms with Crippen molar-refractivity contribution in [3.05, 3.63) is 28.8 Å². The number of hydrogen-bond acceptors (Lipinski definition) is 1. The Morgan fingerprint density at radius 1 is 1.05 bits per heavy atom. The molecule has 0 fully saturated rings. The van der Waals surface area contributed by atoms with E-state index in [4.69, 9.17) is 11.6 Å². The maximum Gasteiger partial charge on any atom is 0.224 e. The van der Waals surface area contributed by atoms with Gasteiger partial charge in [0.2, 0.25) is 5.91 Å². The van der Waals surface area contributed by atoms with E-state index in [0.29, 0.717) is 11.4 Å². The maximum atomic E-state index is 11.9. The molecule has 0 bridgehead atoms. The fourth-order valence-corrected chi connectivity index (χ4v) is 2.55. The van der Waals surface area contributed by atoms with Crippen LogP contribution in [0.4, 0.5) is 5.69 Å². The lowest BCUT2D eigenvalue weighted by atomic mass is 10.1. The zero-order valence-corrected chi connectivity index (χ0v) is 14.1. The third kappa shape index (κ3) is 7.52. The minimum Gasteiger partial charge on any atom is -0.326 e. The zero-order chi connectivity index (χ0) is 15.5. The summed E-state index contributed by atoms with van der Waals surface area (Å²) in [4.78, 5) is 11.9. The second kappa shape index (κ2) is 10.7. The summed E-state index contributed by atoms with van der Waals surface area (Å²) in [6, 6.07) is 5.60. The molecule has 0 atom stereocenters. The van der Waals surface area contributed by atoms with Crippen LogP contribution < -0.4 is 5.32 Å². The average Bonchev–Trinajstić information content (AvgIpc) is 2.47. The molecule has 21 heavy (non-hydrogen) atoms. The van der Waals surface area contributed by atoms with Gasteiger partial charge in [-0.3, -0.25) is 4.79 Å². The first-order chi connectivity index (χ1) is 10.1. The third-order valence-corrected chi connectivity index (χ3v) is 4.21. The van der Waals surface area contributed by atoms with Gasteiger partial charge in [0.1, 0.15) is 0 Å². The van der Waals surface area contributed by atoms with Crippen LogP contribution in [0.1, 0.15) is 70.3 Å². The fourth-order valence-electron chi connectivity index (χ4n) is 2.38. The largest absolute Gasteiger partial charge is 0.326 e. The summed E-state index contributed by atoms with van der Waals surface area (Å²) in [5.41, 5.74) is 1.76. The minimum atomic E-state index is 0.0892. The first-order valence-electron chi connectivity index (χ1n) is 8.20. The van der Waals surface area contributed by atoms with Gasteiger partial charge in [0.05, 0.1) is 0 Å². The molecule has 1 aromatic carbocycles. The second-order valence-corrected chi connectivity index (χ2v) is 6.09. The molecule has 1 rings (SSSR count). The average molecular weight is 310 g/mol. The molecule has 0 aliphatic heterocycles. The first kappa shape index (κ1) is 18.0. The van der Waals surface area contributed by atoms with Crippen molar-refractivity contribution in [1.29, 1.82) is 0 Å². The van der Waals surface area contributed by atoms with E-state index in [1.54, 1.807) is 0 Å². The van der Waals surface area contributed by atoms with Crippen molar-refractivity contribution in [2.45, 2.75) is 71.6 Å². The van der Waals surface area contributed by atoms with Gasteiger partial charge in [-0.2, -0.15) is 0 Å². The van der Waals surface area contributed by atoms with E-state index >= 15 is 0 Å². The lowest BCUT2D eigenvalue weighted by Crippen LogP contribution is -2.12. The quantitative estimate of drug-likeness (QED) is 0.518. The molecule has 0 saturated carbocycles. The molecule has 2 nitrogen and oxygen atoms in total. The van der Waals surface area contributed by atoms with Gasteiger partial charge in [-0.15, -0.1) is 0 Å². The molecule has 0 heterocycles. The summed E-state index contributed by atoms with van der Waals surface area (Å²) in [5, 5.41) is 3.64. The number of halogens is 1. The second-order valence-electron chi connectivity index (χ2n) is 5.69. The van der Waals surface area contributed by atoms with Crippen molar-refractivity contribution in [3.8, 4) is 0 Å². The predicted octanol–water partition coefficient (Wildman–Crippen LogP) is 6.12. The molecule has 0 radical (unpaired) electrons. The lowest BCUT2D eigenvalue weighted by molar-refractivity contribution is -0.116. The van der Waals surface area contributed by atoms with Gasteiger partial charge >= 0.3 is 0 Å². The Kier molecular flexibility index (Phi) is 9.16. The van der Waals surface area contributed by atoms with E-state index in [1.165, 1.54) is 38.5 Å². The van der Waals surface area contributed by atoms with Crippen molar-refractivity contribution >= 4 is 23.2 Å². The van der Waals surface area contributed by atoms with Gasteiger partial charge in [0.15, 0.2) is 0 Å². The highest BCUT2D eigenvalue weighted by Crippen LogP contribution is 2.23. The SMILES string of the molecule is CCCCCCCCCCC(=O)Nc1cccc(Cl)c1C. The number of carbonyl (C=O) groups excluding carboxylic acids is 1. The highest BCUT2D eigenvalue weighted by molar-refractivity contribution is 6.31. The Balaban J connectivity index is 2.13. The molecule has 1 N–H and O–H groups in total. The van der Waals surface area contributed by atoms with Gasteiger partial charge in [0, 0.05) is 17.1 Å². The zero-order valence-electron chi connectivity index (χ0n) is 13.4. The molecule has 1 amide bonds. The molecule has 0 unspecified atom stereocenters. The van der Waals surface area contributed by atoms with Crippen molar-refractivity contribution in [3.63, 3.8) is 0 Å². The number of hydrogen-bond donors (Lipinski definition) is 1. The summed E-state index contributed by atoms with van der Waals surface area (Å²) in [6.45, 7) is 4.16. The van der Waals surface area contributed by atoms with Crippen molar-refractivity contribution in [2.24, 2.45) is 0 Å². The van der Waals surface area contributed by atoms with Crippen LogP contribution in [0.2, 0.25) is 5.02 Å². The van der Waals surface area contributed by atoms with E-state index in [0.717, 1.165) is 24.1 Å². The number of amides is 1. The van der Waals surface area contributed by atoms with Crippen molar-refractivity contribution < 1.29 is 4.79 Å². The summed E-state index contributed by atoms with van der Waals surface area (Å²) in [6.07, 6.45) is 10.6. The molecule has 1 aromatic rings. The molecule has 3 heteroatoms. The van der Waals surface area contributed by atoms with Crippen LogP contribution in [-0.4, -0.2) is 5.91 Å². The smallest absolute Gasteiger partial charge is 0.224 e. The van der Waals surface area contributed by atoms with Crippen LogP contribution >= 0.6 is 11.6 Å². The van der Waals surface area contributed by atoms with E-state index < -0.39 is 0 Å². The van der Waals surface area contributed by atoms with Crippen LogP contribution in [0.3, 0.4) is 0 Å². The number of benzene rings is 1. The minimum absolute atomic E-state index is 0.0892. The number of nitrogens with one attached hydrogen (secondary N) is 1. The molecule has 0 aliphatic rings. The molecule has 118 valence electrons. The Hall–Kier alpha value is -1.02. The Morgan fingerprint density at radius 2 is 1.67 bits per heavy atom. The van der Waals surface area contributed by atoms with Crippen LogP contribution in [0.25, 0.3) is 0 Å². The van der Waals surface area contributed by atoms with E-state index in [-0.39, 0.29) is 5.91 Å². The van der Waals surface area contributed by atoms with Crippen LogP contribution in [-0.2, 0) is 4.79 Å². The normalized spacial score (nSPS) is 10.6. The highest BCUT2D eigenvalue weighted by atomic mass is 35.5. The van der Waals surface area contributed by atoms with Crippen molar-refractivity contribution in [2.75, 3.05) is 5.32 Å². The molecule has 0 aromatic heterocycles. The van der Waals surface area contributed by atoms with E-state index in [1.807, 2.05) is 25.1 Å². The number of unbranched alkanes of at least 4 members (excludes halogenated alkanes) is 7. The summed E-state index contributed by atoms with van der Waals surface area (Å²) in [5.74, 6) is 0.0892. The number of rotatable bonds is 10. The van der Waals surface area contributed by atoms with Crippen LogP contribution in [0.15, 0.2) is 18.2 Å². The molecule has 0 aliphatic carbocycles. The Bertz CT molecular complexity index is 431. The maximum absolute atomic E-state index is 11.9. The van der Waals surface area contributed by atoms with E-state index in [9.17, 15) is 4.79 Å². The molecular formula is C18H28ClNO. The first-order valence-corrected chi connectivity index (χ1v) is 8.58.